The van der Waals surface area contributed by atoms with Gasteiger partial charge in [0, 0.05) is 6.54 Å². The van der Waals surface area contributed by atoms with Crippen molar-refractivity contribution in [2.75, 3.05) is 5.75 Å². The lowest BCUT2D eigenvalue weighted by Gasteiger charge is -2.10. The number of halogens is 1. The average molecular weight is 414 g/mol. The fourth-order valence-electron chi connectivity index (χ4n) is 2.22. The highest BCUT2D eigenvalue weighted by Gasteiger charge is 2.14. The molecule has 0 saturated heterocycles. The lowest BCUT2D eigenvalue weighted by Crippen LogP contribution is -2.08. The molecule has 1 aromatic heterocycles. The molecule has 130 valence electrons. The Balaban J connectivity index is 2.05. The van der Waals surface area contributed by atoms with E-state index in [1.54, 1.807) is 0 Å². The Bertz CT molecular complexity index is 706. The first-order chi connectivity index (χ1) is 11.5. The molecule has 0 aliphatic heterocycles. The van der Waals surface area contributed by atoms with Crippen molar-refractivity contribution in [3.05, 3.63) is 34.1 Å². The molecule has 0 aliphatic carbocycles. The number of hydrogen-bond donors (Lipinski definition) is 1. The highest BCUT2D eigenvalue weighted by Crippen LogP contribution is 2.27. The van der Waals surface area contributed by atoms with Crippen LogP contribution in [0.3, 0.4) is 0 Å². The smallest absolute Gasteiger partial charge is 0.313 e. The molecule has 0 saturated carbocycles. The van der Waals surface area contributed by atoms with Gasteiger partial charge in [0.05, 0.1) is 10.2 Å². The zero-order valence-corrected chi connectivity index (χ0v) is 16.1. The highest BCUT2D eigenvalue weighted by atomic mass is 79.9. The van der Waals surface area contributed by atoms with E-state index in [1.807, 2.05) is 17.6 Å². The summed E-state index contributed by atoms with van der Waals surface area (Å²) in [7, 11) is 0. The molecule has 1 N–H and O–H groups in total. The first-order valence-electron chi connectivity index (χ1n) is 7.73. The molecule has 0 radical (unpaired) electrons. The van der Waals surface area contributed by atoms with E-state index < -0.39 is 5.97 Å². The third-order valence-electron chi connectivity index (χ3n) is 3.33. The SMILES string of the molecule is CCCc1ccc(OCc2nnc(SCC(=O)O)n2CC)c(Br)c1. The molecule has 0 unspecified atom stereocenters. The summed E-state index contributed by atoms with van der Waals surface area (Å²) in [5.74, 6) is 0.512. The van der Waals surface area contributed by atoms with Gasteiger partial charge in [-0.15, -0.1) is 10.2 Å². The molecule has 1 heterocycles. The van der Waals surface area contributed by atoms with Crippen molar-refractivity contribution in [2.24, 2.45) is 0 Å². The van der Waals surface area contributed by atoms with Crippen molar-refractivity contribution in [3.63, 3.8) is 0 Å². The van der Waals surface area contributed by atoms with Crippen LogP contribution in [0.2, 0.25) is 0 Å². The standard InChI is InChI=1S/C16H20BrN3O3S/c1-3-5-11-6-7-13(12(17)8-11)23-9-14-18-19-16(20(14)4-2)24-10-15(21)22/h6-8H,3-5,9-10H2,1-2H3,(H,21,22). The number of carboxylic acids is 1. The summed E-state index contributed by atoms with van der Waals surface area (Å²) in [4.78, 5) is 10.7. The third-order valence-corrected chi connectivity index (χ3v) is 4.90. The number of thioether (sulfide) groups is 1. The number of hydrogen-bond acceptors (Lipinski definition) is 5. The Morgan fingerprint density at radius 2 is 2.17 bits per heavy atom. The second-order valence-electron chi connectivity index (χ2n) is 5.13. The van der Waals surface area contributed by atoms with Crippen molar-refractivity contribution in [3.8, 4) is 5.75 Å². The van der Waals surface area contributed by atoms with Gasteiger partial charge in [0.2, 0.25) is 0 Å². The summed E-state index contributed by atoms with van der Waals surface area (Å²) < 4.78 is 8.62. The number of aryl methyl sites for hydroxylation is 1. The van der Waals surface area contributed by atoms with Gasteiger partial charge < -0.3 is 14.4 Å². The highest BCUT2D eigenvalue weighted by molar-refractivity contribution is 9.10. The zero-order chi connectivity index (χ0) is 17.5. The van der Waals surface area contributed by atoms with Crippen LogP contribution in [0.15, 0.2) is 27.8 Å². The molecule has 8 heteroatoms. The number of benzene rings is 1. The molecular weight excluding hydrogens is 394 g/mol. The maximum atomic E-state index is 10.7. The summed E-state index contributed by atoms with van der Waals surface area (Å²) in [6.07, 6.45) is 2.14. The first kappa shape index (κ1) is 18.8. The van der Waals surface area contributed by atoms with Crippen LogP contribution >= 0.6 is 27.7 Å². The lowest BCUT2D eigenvalue weighted by molar-refractivity contribution is -0.133. The molecule has 0 aliphatic rings. The van der Waals surface area contributed by atoms with Gasteiger partial charge in [-0.25, -0.2) is 0 Å². The minimum absolute atomic E-state index is 0.0383. The molecule has 6 nitrogen and oxygen atoms in total. The molecular formula is C16H20BrN3O3S. The second kappa shape index (κ2) is 9.08. The quantitative estimate of drug-likeness (QED) is 0.630. The van der Waals surface area contributed by atoms with Gasteiger partial charge in [-0.1, -0.05) is 31.2 Å². The van der Waals surface area contributed by atoms with Crippen LogP contribution in [-0.2, 0) is 24.4 Å². The predicted molar refractivity (Wildman–Crippen MR) is 96.5 cm³/mol. The van der Waals surface area contributed by atoms with Crippen LogP contribution < -0.4 is 4.74 Å². The molecule has 0 amide bonds. The predicted octanol–water partition coefficient (Wildman–Crippen LogP) is 3.77. The summed E-state index contributed by atoms with van der Waals surface area (Å²) >= 11 is 4.69. The summed E-state index contributed by atoms with van der Waals surface area (Å²) in [5.41, 5.74) is 1.26. The van der Waals surface area contributed by atoms with Gasteiger partial charge in [0.15, 0.2) is 11.0 Å². The molecule has 1 aromatic carbocycles. The third kappa shape index (κ3) is 4.98. The molecule has 0 atom stereocenters. The Hall–Kier alpha value is -1.54. The van der Waals surface area contributed by atoms with Gasteiger partial charge >= 0.3 is 5.97 Å². The number of carbonyl (C=O) groups is 1. The summed E-state index contributed by atoms with van der Waals surface area (Å²) in [5, 5.41) is 17.5. The van der Waals surface area contributed by atoms with E-state index in [1.165, 1.54) is 5.56 Å². The molecule has 0 fully saturated rings. The van der Waals surface area contributed by atoms with E-state index in [0.717, 1.165) is 34.8 Å². The maximum Gasteiger partial charge on any atom is 0.313 e. The van der Waals surface area contributed by atoms with Gasteiger partial charge in [-0.2, -0.15) is 0 Å². The normalized spacial score (nSPS) is 10.8. The van der Waals surface area contributed by atoms with Gasteiger partial charge in [-0.3, -0.25) is 4.79 Å². The fraction of sp³-hybridized carbons (Fsp3) is 0.438. The number of ether oxygens (including phenoxy) is 1. The minimum atomic E-state index is -0.875. The number of aromatic nitrogens is 3. The molecule has 24 heavy (non-hydrogen) atoms. The van der Waals surface area contributed by atoms with E-state index >= 15 is 0 Å². The van der Waals surface area contributed by atoms with Crippen molar-refractivity contribution < 1.29 is 14.6 Å². The average Bonchev–Trinajstić information content (AvgIpc) is 2.94. The summed E-state index contributed by atoms with van der Waals surface area (Å²) in [6.45, 7) is 5.05. The largest absolute Gasteiger partial charge is 0.484 e. The van der Waals surface area contributed by atoms with Crippen LogP contribution in [0.4, 0.5) is 0 Å². The van der Waals surface area contributed by atoms with Gasteiger partial charge in [0.25, 0.3) is 0 Å². The Morgan fingerprint density at radius 3 is 2.79 bits per heavy atom. The van der Waals surface area contributed by atoms with Crippen LogP contribution in [0.5, 0.6) is 5.75 Å². The number of rotatable bonds is 9. The first-order valence-corrected chi connectivity index (χ1v) is 9.50. The van der Waals surface area contributed by atoms with Crippen LogP contribution in [0.25, 0.3) is 0 Å². The minimum Gasteiger partial charge on any atom is -0.484 e. The molecule has 0 bridgehead atoms. The van der Waals surface area contributed by atoms with E-state index in [0.29, 0.717) is 17.5 Å². The zero-order valence-electron chi connectivity index (χ0n) is 13.7. The Labute approximate surface area is 153 Å². The van der Waals surface area contributed by atoms with E-state index in [2.05, 4.69) is 45.2 Å². The van der Waals surface area contributed by atoms with Crippen molar-refractivity contribution in [1.82, 2.24) is 14.8 Å². The van der Waals surface area contributed by atoms with Crippen LogP contribution in [-0.4, -0.2) is 31.6 Å². The number of aliphatic carboxylic acids is 1. The molecule has 0 spiro atoms. The van der Waals surface area contributed by atoms with E-state index in [9.17, 15) is 4.79 Å². The molecule has 2 aromatic rings. The topological polar surface area (TPSA) is 77.2 Å². The monoisotopic (exact) mass is 413 g/mol. The van der Waals surface area contributed by atoms with E-state index in [4.69, 9.17) is 9.84 Å². The molecule has 2 rings (SSSR count). The van der Waals surface area contributed by atoms with Crippen molar-refractivity contribution in [1.29, 1.82) is 0 Å². The maximum absolute atomic E-state index is 10.7. The number of carboxylic acid groups (broad SMARTS) is 1. The van der Waals surface area contributed by atoms with Crippen molar-refractivity contribution in [2.45, 2.75) is 45.0 Å². The Kier molecular flexibility index (Phi) is 7.11. The van der Waals surface area contributed by atoms with Crippen LogP contribution in [0.1, 0.15) is 31.7 Å². The van der Waals surface area contributed by atoms with Crippen LogP contribution in [0, 0.1) is 0 Å². The van der Waals surface area contributed by atoms with Crippen molar-refractivity contribution >= 4 is 33.7 Å². The van der Waals surface area contributed by atoms with Gasteiger partial charge in [-0.05, 0) is 47.0 Å². The lowest BCUT2D eigenvalue weighted by atomic mass is 10.1. The Morgan fingerprint density at radius 1 is 1.38 bits per heavy atom. The summed E-state index contributed by atoms with van der Waals surface area (Å²) in [6, 6.07) is 6.07. The van der Waals surface area contributed by atoms with E-state index in [-0.39, 0.29) is 12.4 Å². The fourth-order valence-corrected chi connectivity index (χ4v) is 3.51. The van der Waals surface area contributed by atoms with Gasteiger partial charge in [0.1, 0.15) is 12.4 Å². The second-order valence-corrected chi connectivity index (χ2v) is 6.93. The number of nitrogens with zero attached hydrogens (tertiary/aromatic N) is 3.